The van der Waals surface area contributed by atoms with E-state index in [4.69, 9.17) is 19.8 Å². The first-order valence-corrected chi connectivity index (χ1v) is 9.86. The van der Waals surface area contributed by atoms with Crippen molar-refractivity contribution in [3.05, 3.63) is 35.4 Å². The molecule has 0 spiro atoms. The summed E-state index contributed by atoms with van der Waals surface area (Å²) in [5.41, 5.74) is 4.37. The van der Waals surface area contributed by atoms with E-state index in [1.165, 1.54) is 42.4 Å². The SMILES string of the molecule is CC1=CC(C)(C)N(C(=O)CNC2CCCC2)c2cc(C)ccc21.O=C(O)C(=O)O. The Kier molecular flexibility index (Phi) is 7.19. The molecular weight excluding hydrogens is 372 g/mol. The predicted molar refractivity (Wildman–Crippen MR) is 112 cm³/mol. The highest BCUT2D eigenvalue weighted by molar-refractivity contribution is 6.27. The molecule has 2 aliphatic rings. The summed E-state index contributed by atoms with van der Waals surface area (Å²) < 4.78 is 0. The fraction of sp³-hybridized carbons (Fsp3) is 0.500. The quantitative estimate of drug-likeness (QED) is 0.670. The molecule has 1 aliphatic carbocycles. The average Bonchev–Trinajstić information content (AvgIpc) is 3.12. The molecule has 1 aromatic rings. The Morgan fingerprint density at radius 1 is 1.10 bits per heavy atom. The van der Waals surface area contributed by atoms with E-state index in [0.29, 0.717) is 12.6 Å². The lowest BCUT2D eigenvalue weighted by molar-refractivity contribution is -0.159. The van der Waals surface area contributed by atoms with Gasteiger partial charge in [-0.15, -0.1) is 0 Å². The Morgan fingerprint density at radius 2 is 1.69 bits per heavy atom. The van der Waals surface area contributed by atoms with Crippen LogP contribution < -0.4 is 10.2 Å². The molecule has 0 saturated heterocycles. The fourth-order valence-electron chi connectivity index (χ4n) is 4.04. The number of carboxylic acid groups (broad SMARTS) is 2. The lowest BCUT2D eigenvalue weighted by atomic mass is 9.88. The molecule has 0 unspecified atom stereocenters. The van der Waals surface area contributed by atoms with E-state index in [1.807, 2.05) is 4.90 Å². The van der Waals surface area contributed by atoms with E-state index in [2.05, 4.69) is 57.3 Å². The normalized spacial score (nSPS) is 17.7. The molecule has 7 nitrogen and oxygen atoms in total. The highest BCUT2D eigenvalue weighted by atomic mass is 16.4. The molecule has 1 heterocycles. The van der Waals surface area contributed by atoms with Crippen molar-refractivity contribution < 1.29 is 24.6 Å². The number of amides is 1. The minimum atomic E-state index is -1.82. The molecule has 1 saturated carbocycles. The van der Waals surface area contributed by atoms with Crippen LogP contribution in [0.1, 0.15) is 57.6 Å². The van der Waals surface area contributed by atoms with Crippen LogP contribution in [0.2, 0.25) is 0 Å². The number of carboxylic acids is 2. The first-order chi connectivity index (χ1) is 13.5. The van der Waals surface area contributed by atoms with E-state index in [-0.39, 0.29) is 11.4 Å². The van der Waals surface area contributed by atoms with Gasteiger partial charge in [-0.3, -0.25) is 4.79 Å². The van der Waals surface area contributed by atoms with Crippen LogP contribution in [0.15, 0.2) is 24.3 Å². The molecular formula is C22H30N2O5. The van der Waals surface area contributed by atoms with Crippen LogP contribution in [0, 0.1) is 6.92 Å². The van der Waals surface area contributed by atoms with Gasteiger partial charge in [0.2, 0.25) is 5.91 Å². The van der Waals surface area contributed by atoms with Crippen molar-refractivity contribution in [1.82, 2.24) is 5.32 Å². The molecule has 0 bridgehead atoms. The van der Waals surface area contributed by atoms with Gasteiger partial charge in [-0.1, -0.05) is 31.1 Å². The Morgan fingerprint density at radius 3 is 2.24 bits per heavy atom. The van der Waals surface area contributed by atoms with Crippen molar-refractivity contribution in [2.24, 2.45) is 0 Å². The van der Waals surface area contributed by atoms with Gasteiger partial charge in [-0.05, 0) is 57.7 Å². The van der Waals surface area contributed by atoms with Gasteiger partial charge >= 0.3 is 11.9 Å². The number of rotatable bonds is 3. The maximum absolute atomic E-state index is 13.0. The second-order valence-corrected chi connectivity index (χ2v) is 8.20. The Balaban J connectivity index is 0.000000438. The number of hydrogen-bond donors (Lipinski definition) is 3. The molecule has 7 heteroatoms. The number of fused-ring (bicyclic) bond motifs is 1. The molecule has 3 rings (SSSR count). The Bertz CT molecular complexity index is 810. The van der Waals surface area contributed by atoms with E-state index in [0.717, 1.165) is 5.69 Å². The van der Waals surface area contributed by atoms with Crippen LogP contribution in [-0.2, 0) is 14.4 Å². The third-order valence-corrected chi connectivity index (χ3v) is 5.29. The molecule has 3 N–H and O–H groups in total. The monoisotopic (exact) mass is 402 g/mol. The minimum absolute atomic E-state index is 0.164. The largest absolute Gasteiger partial charge is 0.473 e. The lowest BCUT2D eigenvalue weighted by Gasteiger charge is -2.42. The minimum Gasteiger partial charge on any atom is -0.473 e. The average molecular weight is 402 g/mol. The van der Waals surface area contributed by atoms with Crippen LogP contribution in [0.3, 0.4) is 0 Å². The number of nitrogens with one attached hydrogen (secondary N) is 1. The molecule has 158 valence electrons. The smallest absolute Gasteiger partial charge is 0.414 e. The highest BCUT2D eigenvalue weighted by Crippen LogP contribution is 2.39. The fourth-order valence-corrected chi connectivity index (χ4v) is 4.04. The number of carbonyl (C=O) groups excluding carboxylic acids is 1. The number of hydrogen-bond acceptors (Lipinski definition) is 4. The topological polar surface area (TPSA) is 107 Å². The number of aryl methyl sites for hydroxylation is 1. The molecule has 1 aliphatic heterocycles. The zero-order valence-corrected chi connectivity index (χ0v) is 17.5. The molecule has 0 radical (unpaired) electrons. The predicted octanol–water partition coefficient (Wildman–Crippen LogP) is 3.21. The van der Waals surface area contributed by atoms with Crippen molar-refractivity contribution in [3.63, 3.8) is 0 Å². The summed E-state index contributed by atoms with van der Waals surface area (Å²) >= 11 is 0. The van der Waals surface area contributed by atoms with E-state index in [1.54, 1.807) is 0 Å². The lowest BCUT2D eigenvalue weighted by Crippen LogP contribution is -2.52. The van der Waals surface area contributed by atoms with Crippen molar-refractivity contribution in [3.8, 4) is 0 Å². The summed E-state index contributed by atoms with van der Waals surface area (Å²) in [5, 5.41) is 18.2. The standard InChI is InChI=1S/C20H28N2O.C2H2O4/c1-14-9-10-17-15(2)12-20(3,4)22(18(17)11-14)19(23)13-21-16-7-5-6-8-16;3-1(4)2(5)6/h9-12,16,21H,5-8,13H2,1-4H3;(H,3,4)(H,5,6). The van der Waals surface area contributed by atoms with E-state index >= 15 is 0 Å². The summed E-state index contributed by atoms with van der Waals surface area (Å²) in [6, 6.07) is 6.91. The number of nitrogens with zero attached hydrogens (tertiary/aromatic N) is 1. The maximum Gasteiger partial charge on any atom is 0.414 e. The van der Waals surface area contributed by atoms with Gasteiger partial charge in [-0.2, -0.15) is 0 Å². The number of anilines is 1. The zero-order valence-electron chi connectivity index (χ0n) is 17.5. The van der Waals surface area contributed by atoms with E-state index in [9.17, 15) is 4.79 Å². The third-order valence-electron chi connectivity index (χ3n) is 5.29. The van der Waals surface area contributed by atoms with Crippen molar-refractivity contribution in [2.75, 3.05) is 11.4 Å². The van der Waals surface area contributed by atoms with Gasteiger partial charge in [0, 0.05) is 11.6 Å². The van der Waals surface area contributed by atoms with E-state index < -0.39 is 11.9 Å². The molecule has 1 amide bonds. The number of carbonyl (C=O) groups is 3. The molecule has 0 aromatic heterocycles. The molecule has 0 atom stereocenters. The van der Waals surface area contributed by atoms with Crippen molar-refractivity contribution in [1.29, 1.82) is 0 Å². The van der Waals surface area contributed by atoms with Crippen LogP contribution in [0.5, 0.6) is 0 Å². The Labute approximate surface area is 171 Å². The number of benzene rings is 1. The maximum atomic E-state index is 13.0. The van der Waals surface area contributed by atoms with Gasteiger partial charge in [0.1, 0.15) is 0 Å². The van der Waals surface area contributed by atoms with Gasteiger partial charge < -0.3 is 20.4 Å². The van der Waals surface area contributed by atoms with Gasteiger partial charge in [0.05, 0.1) is 17.8 Å². The van der Waals surface area contributed by atoms with Crippen LogP contribution >= 0.6 is 0 Å². The van der Waals surface area contributed by atoms with Crippen LogP contribution in [-0.4, -0.2) is 46.2 Å². The molecule has 29 heavy (non-hydrogen) atoms. The molecule has 1 aromatic carbocycles. The van der Waals surface area contributed by atoms with Gasteiger partial charge in [-0.25, -0.2) is 9.59 Å². The van der Waals surface area contributed by atoms with Crippen molar-refractivity contribution in [2.45, 2.75) is 65.0 Å². The van der Waals surface area contributed by atoms with Crippen molar-refractivity contribution >= 4 is 29.1 Å². The highest BCUT2D eigenvalue weighted by Gasteiger charge is 2.35. The summed E-state index contributed by atoms with van der Waals surface area (Å²) in [6.07, 6.45) is 7.17. The second kappa shape index (κ2) is 9.22. The van der Waals surface area contributed by atoms with Gasteiger partial charge in [0.15, 0.2) is 0 Å². The molecule has 1 fully saturated rings. The first kappa shape index (κ1) is 22.6. The van der Waals surface area contributed by atoms with Gasteiger partial charge in [0.25, 0.3) is 0 Å². The first-order valence-electron chi connectivity index (χ1n) is 9.86. The summed E-state index contributed by atoms with van der Waals surface area (Å²) in [7, 11) is 0. The third kappa shape index (κ3) is 5.67. The summed E-state index contributed by atoms with van der Waals surface area (Å²) in [5.74, 6) is -3.48. The second-order valence-electron chi connectivity index (χ2n) is 8.20. The van der Waals surface area contributed by atoms with Crippen LogP contribution in [0.25, 0.3) is 5.57 Å². The Hall–Kier alpha value is -2.67. The van der Waals surface area contributed by atoms with Crippen LogP contribution in [0.4, 0.5) is 5.69 Å². The number of allylic oxidation sites excluding steroid dienone is 1. The zero-order chi connectivity index (χ0) is 21.8. The summed E-state index contributed by atoms with van der Waals surface area (Å²) in [6.45, 7) is 8.88. The number of aliphatic carboxylic acids is 2. The summed E-state index contributed by atoms with van der Waals surface area (Å²) in [4.78, 5) is 33.2.